The highest BCUT2D eigenvalue weighted by molar-refractivity contribution is 6.07. The fourth-order valence-electron chi connectivity index (χ4n) is 8.85. The van der Waals surface area contributed by atoms with E-state index in [1.165, 1.54) is 0 Å². The van der Waals surface area contributed by atoms with Crippen LogP contribution in [0.15, 0.2) is 72.8 Å². The summed E-state index contributed by atoms with van der Waals surface area (Å²) in [4.78, 5) is 27.5. The molecular weight excluding hydrogens is 570 g/mol. The molecule has 1 saturated heterocycles. The molecule has 242 valence electrons. The summed E-state index contributed by atoms with van der Waals surface area (Å²) in [6, 6.07) is 24.0. The average molecular weight is 620 g/mol. The molecule has 1 heterocycles. The van der Waals surface area contributed by atoms with E-state index < -0.39 is 0 Å². The highest BCUT2D eigenvalue weighted by Gasteiger charge is 2.41. The molecule has 0 unspecified atom stereocenters. The number of nitrogens with one attached hydrogen (secondary N) is 1. The molecule has 46 heavy (non-hydrogen) atoms. The summed E-state index contributed by atoms with van der Waals surface area (Å²) >= 11 is 0. The zero-order chi connectivity index (χ0) is 33.1. The molecule has 0 bridgehead atoms. The SMILES string of the molecule is CC1(C)CC(OC(=O)c2cccc3cc(-c4cc5ccccc5cc4C(=O)OC4CC(C)(C)NC(C)(C)C4)ccc23)CC(C)(C)C1. The Balaban J connectivity index is 1.33. The zero-order valence-corrected chi connectivity index (χ0v) is 28.8. The molecule has 0 radical (unpaired) electrons. The third kappa shape index (κ3) is 7.00. The van der Waals surface area contributed by atoms with Crippen LogP contribution < -0.4 is 5.32 Å². The van der Waals surface area contributed by atoms with Crippen LogP contribution in [-0.2, 0) is 9.47 Å². The highest BCUT2D eigenvalue weighted by Crippen LogP contribution is 2.47. The van der Waals surface area contributed by atoms with E-state index in [1.807, 2.05) is 54.6 Å². The van der Waals surface area contributed by atoms with Crippen LogP contribution in [0.4, 0.5) is 0 Å². The molecule has 5 heteroatoms. The number of esters is 2. The first kappa shape index (κ1) is 32.2. The predicted molar refractivity (Wildman–Crippen MR) is 187 cm³/mol. The zero-order valence-electron chi connectivity index (χ0n) is 28.8. The van der Waals surface area contributed by atoms with Gasteiger partial charge in [0.2, 0.25) is 0 Å². The van der Waals surface area contributed by atoms with Gasteiger partial charge in [0.1, 0.15) is 12.2 Å². The van der Waals surface area contributed by atoms with Gasteiger partial charge in [-0.3, -0.25) is 0 Å². The van der Waals surface area contributed by atoms with Crippen LogP contribution in [0.1, 0.15) is 108 Å². The van der Waals surface area contributed by atoms with Crippen molar-refractivity contribution in [1.29, 1.82) is 0 Å². The Kier molecular flexibility index (Phi) is 8.08. The average Bonchev–Trinajstić information content (AvgIpc) is 2.92. The Labute approximate surface area is 274 Å². The fourth-order valence-corrected chi connectivity index (χ4v) is 8.85. The van der Waals surface area contributed by atoms with E-state index in [0.29, 0.717) is 11.1 Å². The van der Waals surface area contributed by atoms with Crippen molar-refractivity contribution in [1.82, 2.24) is 5.32 Å². The van der Waals surface area contributed by atoms with Gasteiger partial charge in [0.15, 0.2) is 0 Å². The number of hydrogen-bond donors (Lipinski definition) is 1. The largest absolute Gasteiger partial charge is 0.459 e. The van der Waals surface area contributed by atoms with Crippen LogP contribution in [0, 0.1) is 10.8 Å². The standard InChI is InChI=1S/C41H49NO4/c1-38(2)21-30(22-39(3,4)25-38)45-36(43)33-15-11-14-28-18-29(16-17-32(28)33)34-19-26-12-9-10-13-27(26)20-35(34)37(44)46-31-23-40(5,6)42-41(7,8)24-31/h9-20,30-31,42H,21-25H2,1-8H3. The van der Waals surface area contributed by atoms with Crippen molar-refractivity contribution in [3.05, 3.63) is 83.9 Å². The lowest BCUT2D eigenvalue weighted by molar-refractivity contribution is -0.0282. The van der Waals surface area contributed by atoms with Crippen LogP contribution in [0.25, 0.3) is 32.7 Å². The number of piperidine rings is 1. The number of hydrogen-bond acceptors (Lipinski definition) is 5. The summed E-state index contributed by atoms with van der Waals surface area (Å²) in [6.45, 7) is 17.7. The second-order valence-corrected chi connectivity index (χ2v) is 16.8. The summed E-state index contributed by atoms with van der Waals surface area (Å²) in [5.41, 5.74) is 2.80. The second kappa shape index (κ2) is 11.5. The third-order valence-corrected chi connectivity index (χ3v) is 9.73. The number of carbonyl (C=O) groups excluding carboxylic acids is 2. The molecule has 5 nitrogen and oxygen atoms in total. The maximum absolute atomic E-state index is 14.0. The van der Waals surface area contributed by atoms with Crippen molar-refractivity contribution >= 4 is 33.5 Å². The van der Waals surface area contributed by atoms with Crippen molar-refractivity contribution < 1.29 is 19.1 Å². The number of carbonyl (C=O) groups is 2. The Hall–Kier alpha value is -3.70. The smallest absolute Gasteiger partial charge is 0.339 e. The Morgan fingerprint density at radius 3 is 1.78 bits per heavy atom. The molecular formula is C41H49NO4. The Morgan fingerprint density at radius 1 is 0.609 bits per heavy atom. The molecule has 1 aliphatic carbocycles. The van der Waals surface area contributed by atoms with E-state index in [4.69, 9.17) is 9.47 Å². The van der Waals surface area contributed by atoms with Gasteiger partial charge in [-0.15, -0.1) is 0 Å². The van der Waals surface area contributed by atoms with Gasteiger partial charge in [0, 0.05) is 23.9 Å². The summed E-state index contributed by atoms with van der Waals surface area (Å²) in [6.07, 6.45) is 4.04. The van der Waals surface area contributed by atoms with Crippen molar-refractivity contribution in [2.75, 3.05) is 0 Å². The normalized spacial score (nSPS) is 20.8. The molecule has 2 aliphatic rings. The van der Waals surface area contributed by atoms with Gasteiger partial charge in [-0.25, -0.2) is 9.59 Å². The number of rotatable bonds is 5. The van der Waals surface area contributed by atoms with E-state index in [9.17, 15) is 9.59 Å². The van der Waals surface area contributed by atoms with Crippen molar-refractivity contribution in [3.8, 4) is 11.1 Å². The highest BCUT2D eigenvalue weighted by atomic mass is 16.5. The van der Waals surface area contributed by atoms with Gasteiger partial charge in [0.05, 0.1) is 11.1 Å². The van der Waals surface area contributed by atoms with Crippen LogP contribution in [0.3, 0.4) is 0 Å². The number of fused-ring (bicyclic) bond motifs is 2. The van der Waals surface area contributed by atoms with E-state index in [-0.39, 0.29) is 46.1 Å². The summed E-state index contributed by atoms with van der Waals surface area (Å²) in [5.74, 6) is -0.588. The maximum atomic E-state index is 14.0. The number of benzene rings is 4. The van der Waals surface area contributed by atoms with Crippen LogP contribution in [0.5, 0.6) is 0 Å². The lowest BCUT2D eigenvalue weighted by Gasteiger charge is -2.45. The van der Waals surface area contributed by atoms with Gasteiger partial charge in [-0.1, -0.05) is 76.2 Å². The van der Waals surface area contributed by atoms with Crippen LogP contribution >= 0.6 is 0 Å². The van der Waals surface area contributed by atoms with Crippen molar-refractivity contribution in [2.45, 2.75) is 111 Å². The van der Waals surface area contributed by atoms with Gasteiger partial charge < -0.3 is 14.8 Å². The quantitative estimate of drug-likeness (QED) is 0.225. The minimum atomic E-state index is -0.310. The van der Waals surface area contributed by atoms with Crippen LogP contribution in [-0.4, -0.2) is 35.2 Å². The Morgan fingerprint density at radius 2 is 1.15 bits per heavy atom. The molecule has 0 atom stereocenters. The van der Waals surface area contributed by atoms with E-state index in [1.54, 1.807) is 0 Å². The van der Waals surface area contributed by atoms with E-state index in [0.717, 1.165) is 64.8 Å². The van der Waals surface area contributed by atoms with Crippen LogP contribution in [0.2, 0.25) is 0 Å². The first-order valence-corrected chi connectivity index (χ1v) is 16.8. The fraction of sp³-hybridized carbons (Fsp3) is 0.463. The van der Waals surface area contributed by atoms with Gasteiger partial charge in [0.25, 0.3) is 0 Å². The van der Waals surface area contributed by atoms with E-state index in [2.05, 4.69) is 78.9 Å². The number of ether oxygens (including phenoxy) is 2. The molecule has 6 rings (SSSR count). The monoisotopic (exact) mass is 619 g/mol. The molecule has 1 N–H and O–H groups in total. The van der Waals surface area contributed by atoms with Crippen molar-refractivity contribution in [2.24, 2.45) is 10.8 Å². The summed E-state index contributed by atoms with van der Waals surface area (Å²) in [7, 11) is 0. The first-order valence-electron chi connectivity index (χ1n) is 16.8. The predicted octanol–water partition coefficient (Wildman–Crippen LogP) is 9.89. The third-order valence-electron chi connectivity index (χ3n) is 9.73. The van der Waals surface area contributed by atoms with E-state index >= 15 is 0 Å². The Bertz CT molecular complexity index is 1780. The molecule has 0 amide bonds. The van der Waals surface area contributed by atoms with Gasteiger partial charge in [-0.05, 0) is 115 Å². The molecule has 1 saturated carbocycles. The molecule has 1 aliphatic heterocycles. The van der Waals surface area contributed by atoms with Gasteiger partial charge >= 0.3 is 11.9 Å². The van der Waals surface area contributed by atoms with Crippen molar-refractivity contribution in [3.63, 3.8) is 0 Å². The van der Waals surface area contributed by atoms with Gasteiger partial charge in [-0.2, -0.15) is 0 Å². The molecule has 0 spiro atoms. The molecule has 4 aromatic carbocycles. The lowest BCUT2D eigenvalue weighted by atomic mass is 9.64. The molecule has 0 aromatic heterocycles. The molecule has 2 fully saturated rings. The molecule has 4 aromatic rings. The lowest BCUT2D eigenvalue weighted by Crippen LogP contribution is -2.59. The second-order valence-electron chi connectivity index (χ2n) is 16.8. The summed E-state index contributed by atoms with van der Waals surface area (Å²) in [5, 5.41) is 7.48. The first-order chi connectivity index (χ1) is 21.5. The topological polar surface area (TPSA) is 64.6 Å². The minimum Gasteiger partial charge on any atom is -0.459 e. The maximum Gasteiger partial charge on any atom is 0.339 e. The minimum absolute atomic E-state index is 0.108. The summed E-state index contributed by atoms with van der Waals surface area (Å²) < 4.78 is 12.4.